The molecule has 7 nitrogen and oxygen atoms in total. The average molecular weight is 477 g/mol. The van der Waals surface area contributed by atoms with Gasteiger partial charge in [-0.2, -0.15) is 0 Å². The number of rotatable bonds is 7. The topological polar surface area (TPSA) is 105 Å². The molecule has 2 aromatic rings. The van der Waals surface area contributed by atoms with E-state index in [-0.39, 0.29) is 48.8 Å². The maximum Gasteiger partial charge on any atom is 0.407 e. The van der Waals surface area contributed by atoms with Crippen molar-refractivity contribution in [1.29, 1.82) is 0 Å². The van der Waals surface area contributed by atoms with E-state index >= 15 is 0 Å². The Balaban J connectivity index is 1.15. The van der Waals surface area contributed by atoms with Crippen molar-refractivity contribution < 1.29 is 24.2 Å². The van der Waals surface area contributed by atoms with Gasteiger partial charge in [0.05, 0.1) is 5.92 Å². The van der Waals surface area contributed by atoms with Crippen LogP contribution in [0, 0.1) is 11.8 Å². The van der Waals surface area contributed by atoms with Crippen LogP contribution in [0.15, 0.2) is 48.5 Å². The molecule has 0 aliphatic heterocycles. The van der Waals surface area contributed by atoms with E-state index in [0.29, 0.717) is 6.42 Å². The third-order valence-corrected chi connectivity index (χ3v) is 7.85. The first-order valence-corrected chi connectivity index (χ1v) is 12.6. The predicted molar refractivity (Wildman–Crippen MR) is 131 cm³/mol. The third kappa shape index (κ3) is 5.04. The zero-order valence-corrected chi connectivity index (χ0v) is 19.7. The molecule has 3 N–H and O–H groups in total. The molecule has 4 atom stereocenters. The van der Waals surface area contributed by atoms with Crippen molar-refractivity contribution in [3.8, 4) is 11.1 Å². The number of hydrogen-bond donors (Lipinski definition) is 3. The van der Waals surface area contributed by atoms with E-state index in [0.717, 1.165) is 43.2 Å². The van der Waals surface area contributed by atoms with Gasteiger partial charge in [-0.1, -0.05) is 55.0 Å². The van der Waals surface area contributed by atoms with Gasteiger partial charge in [-0.25, -0.2) is 4.79 Å². The molecule has 3 aliphatic carbocycles. The van der Waals surface area contributed by atoms with Crippen LogP contribution in [0.1, 0.15) is 62.0 Å². The lowest BCUT2D eigenvalue weighted by Crippen LogP contribution is -2.46. The molecule has 7 heteroatoms. The summed E-state index contributed by atoms with van der Waals surface area (Å²) in [4.78, 5) is 36.6. The molecule has 0 bridgehead atoms. The zero-order chi connectivity index (χ0) is 24.4. The Morgan fingerprint density at radius 3 is 2.26 bits per heavy atom. The first-order chi connectivity index (χ1) is 17.0. The van der Waals surface area contributed by atoms with Gasteiger partial charge in [-0.15, -0.1) is 0 Å². The number of alkyl carbamates (subject to hydrolysis) is 1. The first-order valence-electron chi connectivity index (χ1n) is 12.6. The van der Waals surface area contributed by atoms with Crippen molar-refractivity contribution in [2.45, 2.75) is 62.9 Å². The molecule has 184 valence electrons. The summed E-state index contributed by atoms with van der Waals surface area (Å²) in [6, 6.07) is 16.2. The maximum absolute atomic E-state index is 12.9. The van der Waals surface area contributed by atoms with Crippen molar-refractivity contribution in [1.82, 2.24) is 10.6 Å². The number of hydrogen-bond acceptors (Lipinski definition) is 4. The van der Waals surface area contributed by atoms with Crippen LogP contribution < -0.4 is 10.6 Å². The van der Waals surface area contributed by atoms with Gasteiger partial charge >= 0.3 is 12.1 Å². The van der Waals surface area contributed by atoms with Crippen molar-refractivity contribution in [2.24, 2.45) is 11.8 Å². The van der Waals surface area contributed by atoms with Crippen LogP contribution in [-0.4, -0.2) is 41.8 Å². The Morgan fingerprint density at radius 1 is 0.886 bits per heavy atom. The van der Waals surface area contributed by atoms with E-state index in [4.69, 9.17) is 9.84 Å². The smallest absolute Gasteiger partial charge is 0.407 e. The van der Waals surface area contributed by atoms with E-state index in [2.05, 4.69) is 34.9 Å². The average Bonchev–Trinajstić information content (AvgIpc) is 3.55. The summed E-state index contributed by atoms with van der Waals surface area (Å²) in [5.41, 5.74) is 4.69. The van der Waals surface area contributed by atoms with Crippen LogP contribution in [0.5, 0.6) is 0 Å². The summed E-state index contributed by atoms with van der Waals surface area (Å²) < 4.78 is 5.68. The predicted octanol–water partition coefficient (Wildman–Crippen LogP) is 4.45. The molecule has 0 aromatic heterocycles. The molecule has 2 aromatic carbocycles. The van der Waals surface area contributed by atoms with Gasteiger partial charge in [0.2, 0.25) is 5.91 Å². The molecular formula is C28H32N2O5. The summed E-state index contributed by atoms with van der Waals surface area (Å²) in [6.07, 6.45) is 4.35. The molecule has 0 radical (unpaired) electrons. The molecule has 0 heterocycles. The van der Waals surface area contributed by atoms with Gasteiger partial charge in [0, 0.05) is 24.4 Å². The molecule has 2 amide bonds. The molecule has 3 aliphatic rings. The van der Waals surface area contributed by atoms with E-state index < -0.39 is 12.1 Å². The number of benzene rings is 2. The lowest BCUT2D eigenvalue weighted by molar-refractivity contribution is -0.138. The second-order valence-electron chi connectivity index (χ2n) is 10.1. The van der Waals surface area contributed by atoms with Crippen LogP contribution in [0.2, 0.25) is 0 Å². The third-order valence-electron chi connectivity index (χ3n) is 7.85. The lowest BCUT2D eigenvalue weighted by Gasteiger charge is -2.23. The van der Waals surface area contributed by atoms with Gasteiger partial charge in [0.15, 0.2) is 0 Å². The van der Waals surface area contributed by atoms with Crippen LogP contribution >= 0.6 is 0 Å². The zero-order valence-electron chi connectivity index (χ0n) is 19.7. The summed E-state index contributed by atoms with van der Waals surface area (Å²) in [6.45, 7) is 0.247. The largest absolute Gasteiger partial charge is 0.481 e. The number of nitrogens with one attached hydrogen (secondary N) is 2. The van der Waals surface area contributed by atoms with Crippen LogP contribution in [-0.2, 0) is 14.3 Å². The number of amides is 2. The van der Waals surface area contributed by atoms with E-state index in [1.165, 1.54) is 11.1 Å². The summed E-state index contributed by atoms with van der Waals surface area (Å²) in [5, 5.41) is 15.0. The van der Waals surface area contributed by atoms with Crippen molar-refractivity contribution in [3.05, 3.63) is 59.7 Å². The number of aliphatic carboxylic acids is 1. The quantitative estimate of drug-likeness (QED) is 0.548. The molecule has 0 unspecified atom stereocenters. The summed E-state index contributed by atoms with van der Waals surface area (Å²) in [5.74, 6) is -1.00. The number of carboxylic acid groups (broad SMARTS) is 1. The Kier molecular flexibility index (Phi) is 6.75. The highest BCUT2D eigenvalue weighted by molar-refractivity contribution is 5.81. The van der Waals surface area contributed by atoms with Gasteiger partial charge in [0.1, 0.15) is 6.61 Å². The molecule has 2 saturated carbocycles. The summed E-state index contributed by atoms with van der Waals surface area (Å²) >= 11 is 0. The fourth-order valence-electron chi connectivity index (χ4n) is 6.18. The highest BCUT2D eigenvalue weighted by Gasteiger charge is 2.37. The normalized spacial score (nSPS) is 25.0. The highest BCUT2D eigenvalue weighted by atomic mass is 16.5. The van der Waals surface area contributed by atoms with E-state index in [9.17, 15) is 14.4 Å². The standard InChI is InChI=1S/C28H32N2O5/c31-26(32)15-17-12-13-18(14-17)29-27(33)23-10-5-11-25(23)30-28(34)35-16-24-21-8-3-1-6-19(21)20-7-2-4-9-22(20)24/h1-4,6-9,17-18,23-25H,5,10-16H2,(H,29,33)(H,30,34)(H,31,32)/t17-,18+,23-,25+/m0/s1. The lowest BCUT2D eigenvalue weighted by atomic mass is 9.98. The SMILES string of the molecule is O=C(O)C[C@H]1CC[C@@H](NC(=O)[C@H]2CCC[C@H]2NC(=O)OCC2c3ccccc3-c3ccccc32)C1. The molecular weight excluding hydrogens is 444 g/mol. The Morgan fingerprint density at radius 2 is 1.57 bits per heavy atom. The minimum atomic E-state index is -0.787. The second-order valence-corrected chi connectivity index (χ2v) is 10.1. The Hall–Kier alpha value is -3.35. The van der Waals surface area contributed by atoms with E-state index in [1.807, 2.05) is 24.3 Å². The summed E-state index contributed by atoms with van der Waals surface area (Å²) in [7, 11) is 0. The molecule has 0 saturated heterocycles. The minimum Gasteiger partial charge on any atom is -0.481 e. The Labute approximate surface area is 205 Å². The van der Waals surface area contributed by atoms with Gasteiger partial charge in [-0.05, 0) is 60.3 Å². The molecule has 35 heavy (non-hydrogen) atoms. The van der Waals surface area contributed by atoms with Crippen molar-refractivity contribution >= 4 is 18.0 Å². The fourth-order valence-corrected chi connectivity index (χ4v) is 6.18. The van der Waals surface area contributed by atoms with Gasteiger partial charge in [0.25, 0.3) is 0 Å². The maximum atomic E-state index is 12.9. The minimum absolute atomic E-state index is 0.00283. The van der Waals surface area contributed by atoms with Crippen LogP contribution in [0.4, 0.5) is 4.79 Å². The fraction of sp³-hybridized carbons (Fsp3) is 0.464. The number of carbonyl (C=O) groups is 3. The number of ether oxygens (including phenoxy) is 1. The molecule has 2 fully saturated rings. The van der Waals surface area contributed by atoms with Crippen LogP contribution in [0.3, 0.4) is 0 Å². The Bertz CT molecular complexity index is 1070. The first kappa shape index (κ1) is 23.4. The van der Waals surface area contributed by atoms with E-state index in [1.54, 1.807) is 0 Å². The van der Waals surface area contributed by atoms with Crippen molar-refractivity contribution in [2.75, 3.05) is 6.61 Å². The second kappa shape index (κ2) is 10.1. The number of carboxylic acids is 1. The van der Waals surface area contributed by atoms with Crippen molar-refractivity contribution in [3.63, 3.8) is 0 Å². The molecule has 5 rings (SSSR count). The monoisotopic (exact) mass is 476 g/mol. The van der Waals surface area contributed by atoms with Gasteiger partial charge in [-0.3, -0.25) is 9.59 Å². The molecule has 0 spiro atoms. The highest BCUT2D eigenvalue weighted by Crippen LogP contribution is 2.44. The number of fused-ring (bicyclic) bond motifs is 3. The van der Waals surface area contributed by atoms with Gasteiger partial charge < -0.3 is 20.5 Å². The number of carbonyl (C=O) groups excluding carboxylic acids is 2. The van der Waals surface area contributed by atoms with Crippen LogP contribution in [0.25, 0.3) is 11.1 Å².